The number of hydrogen-bond acceptors (Lipinski definition) is 4. The Hall–Kier alpha value is -2.57. The summed E-state index contributed by atoms with van der Waals surface area (Å²) in [4.78, 5) is 34.2. The second kappa shape index (κ2) is 6.25. The number of fused-ring (bicyclic) bond motifs is 1. The summed E-state index contributed by atoms with van der Waals surface area (Å²) in [5.74, 6) is -1.31. The van der Waals surface area contributed by atoms with Crippen molar-refractivity contribution in [1.29, 1.82) is 0 Å². The van der Waals surface area contributed by atoms with E-state index in [4.69, 9.17) is 9.84 Å². The molecule has 0 aliphatic carbocycles. The summed E-state index contributed by atoms with van der Waals surface area (Å²) in [5.41, 5.74) is 0.568. The topological polar surface area (TPSA) is 105 Å². The van der Waals surface area contributed by atoms with Gasteiger partial charge in [0.05, 0.1) is 18.5 Å². The summed E-state index contributed by atoms with van der Waals surface area (Å²) in [7, 11) is 0. The lowest BCUT2D eigenvalue weighted by Crippen LogP contribution is -2.43. The Labute approximate surface area is 121 Å². The van der Waals surface area contributed by atoms with Gasteiger partial charge in [0.2, 0.25) is 5.91 Å². The molecule has 1 heterocycles. The molecular weight excluding hydrogens is 276 g/mol. The number of anilines is 1. The molecule has 112 valence electrons. The zero-order valence-electron chi connectivity index (χ0n) is 11.5. The Morgan fingerprint density at radius 2 is 2.14 bits per heavy atom. The molecule has 2 atom stereocenters. The molecule has 0 radical (unpaired) electrons. The van der Waals surface area contributed by atoms with Gasteiger partial charge in [0.1, 0.15) is 5.75 Å². The molecule has 1 aliphatic rings. The van der Waals surface area contributed by atoms with Crippen molar-refractivity contribution in [2.24, 2.45) is 0 Å². The van der Waals surface area contributed by atoms with Crippen molar-refractivity contribution in [2.45, 2.75) is 31.9 Å². The minimum atomic E-state index is -0.997. The Balaban J connectivity index is 1.93. The second-order valence-electron chi connectivity index (χ2n) is 4.86. The highest BCUT2D eigenvalue weighted by molar-refractivity contribution is 5.99. The third kappa shape index (κ3) is 3.95. The predicted molar refractivity (Wildman–Crippen MR) is 74.0 cm³/mol. The lowest BCUT2D eigenvalue weighted by Gasteiger charge is -2.25. The fourth-order valence-corrected chi connectivity index (χ4v) is 2.04. The summed E-state index contributed by atoms with van der Waals surface area (Å²) in [6.07, 6.45) is -1.26. The summed E-state index contributed by atoms with van der Waals surface area (Å²) in [6, 6.07) is 6.44. The van der Waals surface area contributed by atoms with Crippen molar-refractivity contribution in [3.8, 4) is 5.75 Å². The maximum absolute atomic E-state index is 11.8. The van der Waals surface area contributed by atoms with Gasteiger partial charge in [-0.15, -0.1) is 0 Å². The fourth-order valence-electron chi connectivity index (χ4n) is 2.04. The highest BCUT2D eigenvalue weighted by Crippen LogP contribution is 2.29. The van der Waals surface area contributed by atoms with Crippen molar-refractivity contribution >= 4 is 23.5 Å². The average Bonchev–Trinajstić information content (AvgIpc) is 2.38. The molecule has 0 fully saturated rings. The van der Waals surface area contributed by atoms with Crippen LogP contribution in [0.15, 0.2) is 24.3 Å². The second-order valence-corrected chi connectivity index (χ2v) is 4.86. The van der Waals surface area contributed by atoms with E-state index in [0.717, 1.165) is 0 Å². The first-order valence-electron chi connectivity index (χ1n) is 6.53. The van der Waals surface area contributed by atoms with Crippen LogP contribution in [0.2, 0.25) is 0 Å². The van der Waals surface area contributed by atoms with Crippen molar-refractivity contribution < 1.29 is 24.2 Å². The van der Waals surface area contributed by atoms with Crippen molar-refractivity contribution in [3.05, 3.63) is 24.3 Å². The number of carbonyl (C=O) groups is 3. The van der Waals surface area contributed by atoms with E-state index in [9.17, 15) is 14.4 Å². The standard InChI is InChI=1S/C14H16N2O5/c1-8(6-13(18)19)15-12(17)7-11-14(20)16-9-4-2-3-5-10(9)21-11/h2-5,8,11H,6-7H2,1H3,(H,15,17)(H,16,20)(H,18,19). The minimum Gasteiger partial charge on any atom is -0.481 e. The largest absolute Gasteiger partial charge is 0.481 e. The van der Waals surface area contributed by atoms with E-state index in [1.807, 2.05) is 0 Å². The Kier molecular flexibility index (Phi) is 4.42. The zero-order valence-corrected chi connectivity index (χ0v) is 11.5. The molecule has 21 heavy (non-hydrogen) atoms. The number of ether oxygens (including phenoxy) is 1. The van der Waals surface area contributed by atoms with Crippen molar-refractivity contribution in [1.82, 2.24) is 5.32 Å². The molecule has 7 heteroatoms. The van der Waals surface area contributed by atoms with Gasteiger partial charge in [0, 0.05) is 6.04 Å². The van der Waals surface area contributed by atoms with Crippen LogP contribution in [0.1, 0.15) is 19.8 Å². The van der Waals surface area contributed by atoms with Crippen LogP contribution in [0.25, 0.3) is 0 Å². The van der Waals surface area contributed by atoms with Crippen LogP contribution in [0.4, 0.5) is 5.69 Å². The molecule has 1 aromatic rings. The quantitative estimate of drug-likeness (QED) is 0.743. The van der Waals surface area contributed by atoms with Gasteiger partial charge < -0.3 is 20.5 Å². The van der Waals surface area contributed by atoms with E-state index in [2.05, 4.69) is 10.6 Å². The van der Waals surface area contributed by atoms with Gasteiger partial charge in [-0.25, -0.2) is 0 Å². The third-order valence-corrected chi connectivity index (χ3v) is 2.97. The van der Waals surface area contributed by atoms with Crippen LogP contribution in [0, 0.1) is 0 Å². The molecule has 1 aliphatic heterocycles. The van der Waals surface area contributed by atoms with Gasteiger partial charge in [-0.1, -0.05) is 12.1 Å². The molecule has 3 N–H and O–H groups in total. The van der Waals surface area contributed by atoms with E-state index in [-0.39, 0.29) is 12.8 Å². The number of para-hydroxylation sites is 2. The molecule has 7 nitrogen and oxygen atoms in total. The first-order chi connectivity index (χ1) is 9.95. The first kappa shape index (κ1) is 14.8. The van der Waals surface area contributed by atoms with Gasteiger partial charge in [-0.3, -0.25) is 14.4 Å². The maximum Gasteiger partial charge on any atom is 0.305 e. The molecular formula is C14H16N2O5. The summed E-state index contributed by atoms with van der Waals surface area (Å²) < 4.78 is 5.49. The molecule has 0 spiro atoms. The monoisotopic (exact) mass is 292 g/mol. The number of rotatable bonds is 5. The third-order valence-electron chi connectivity index (χ3n) is 2.97. The van der Waals surface area contributed by atoms with Crippen LogP contribution in [-0.2, 0) is 14.4 Å². The lowest BCUT2D eigenvalue weighted by atomic mass is 10.1. The number of amides is 2. The molecule has 2 amide bonds. The van der Waals surface area contributed by atoms with Crippen LogP contribution in [-0.4, -0.2) is 35.0 Å². The first-order valence-corrected chi connectivity index (χ1v) is 6.53. The number of carboxylic acids is 1. The van der Waals surface area contributed by atoms with Crippen LogP contribution >= 0.6 is 0 Å². The van der Waals surface area contributed by atoms with E-state index < -0.39 is 29.9 Å². The van der Waals surface area contributed by atoms with Crippen LogP contribution in [0.5, 0.6) is 5.75 Å². The highest BCUT2D eigenvalue weighted by atomic mass is 16.5. The Bertz CT molecular complexity index is 572. The lowest BCUT2D eigenvalue weighted by molar-refractivity contribution is -0.138. The molecule has 0 aromatic heterocycles. The highest BCUT2D eigenvalue weighted by Gasteiger charge is 2.29. The molecule has 0 saturated carbocycles. The Morgan fingerprint density at radius 3 is 2.86 bits per heavy atom. The average molecular weight is 292 g/mol. The number of nitrogens with one attached hydrogen (secondary N) is 2. The van der Waals surface area contributed by atoms with Gasteiger partial charge in [0.15, 0.2) is 6.10 Å². The summed E-state index contributed by atoms with van der Waals surface area (Å²) >= 11 is 0. The normalized spacial score (nSPS) is 18.0. The number of carboxylic acid groups (broad SMARTS) is 1. The maximum atomic E-state index is 11.8. The van der Waals surface area contributed by atoms with Gasteiger partial charge >= 0.3 is 5.97 Å². The molecule has 1 aromatic carbocycles. The van der Waals surface area contributed by atoms with Crippen LogP contribution in [0.3, 0.4) is 0 Å². The van der Waals surface area contributed by atoms with E-state index in [0.29, 0.717) is 11.4 Å². The SMILES string of the molecule is CC(CC(=O)O)NC(=O)CC1Oc2ccccc2NC1=O. The van der Waals surface area contributed by atoms with Gasteiger partial charge in [-0.2, -0.15) is 0 Å². The van der Waals surface area contributed by atoms with Gasteiger partial charge in [-0.05, 0) is 19.1 Å². The number of benzene rings is 1. The predicted octanol–water partition coefficient (Wildman–Crippen LogP) is 0.756. The van der Waals surface area contributed by atoms with Crippen LogP contribution < -0.4 is 15.4 Å². The smallest absolute Gasteiger partial charge is 0.305 e. The molecule has 0 bridgehead atoms. The van der Waals surface area contributed by atoms with Crippen molar-refractivity contribution in [3.63, 3.8) is 0 Å². The van der Waals surface area contributed by atoms with E-state index >= 15 is 0 Å². The molecule has 0 saturated heterocycles. The van der Waals surface area contributed by atoms with E-state index in [1.54, 1.807) is 31.2 Å². The fraction of sp³-hybridized carbons (Fsp3) is 0.357. The molecule has 2 rings (SSSR count). The number of aliphatic carboxylic acids is 1. The summed E-state index contributed by atoms with van der Waals surface area (Å²) in [5, 5.41) is 13.8. The Morgan fingerprint density at radius 1 is 1.43 bits per heavy atom. The van der Waals surface area contributed by atoms with Gasteiger partial charge in [0.25, 0.3) is 5.91 Å². The minimum absolute atomic E-state index is 0.163. The number of carbonyl (C=O) groups excluding carboxylic acids is 2. The van der Waals surface area contributed by atoms with Crippen molar-refractivity contribution in [2.75, 3.05) is 5.32 Å². The zero-order chi connectivity index (χ0) is 15.4. The number of hydrogen-bond donors (Lipinski definition) is 3. The van der Waals surface area contributed by atoms with E-state index in [1.165, 1.54) is 0 Å². The molecule has 2 unspecified atom stereocenters. The summed E-state index contributed by atoms with van der Waals surface area (Å²) in [6.45, 7) is 1.59.